The normalized spacial score (nSPS) is 13.0. The lowest BCUT2D eigenvalue weighted by Gasteiger charge is -2.34. The summed E-state index contributed by atoms with van der Waals surface area (Å²) < 4.78 is 14.2. The second-order valence-corrected chi connectivity index (χ2v) is 17.7. The van der Waals surface area contributed by atoms with Crippen LogP contribution in [0.1, 0.15) is 22.3 Å². The van der Waals surface area contributed by atoms with Crippen molar-refractivity contribution in [2.75, 3.05) is 0 Å². The number of hydrogen-bond acceptors (Lipinski definition) is 5. The number of aromatic nitrogens is 3. The highest BCUT2D eigenvalue weighted by Gasteiger charge is 2.48. The van der Waals surface area contributed by atoms with Gasteiger partial charge in [0.1, 0.15) is 0 Å². The molecule has 322 valence electrons. The van der Waals surface area contributed by atoms with Crippen molar-refractivity contribution in [3.05, 3.63) is 259 Å². The van der Waals surface area contributed by atoms with Gasteiger partial charge in [0.2, 0.25) is 0 Å². The summed E-state index contributed by atoms with van der Waals surface area (Å²) in [5.41, 5.74) is 10.8. The quantitative estimate of drug-likeness (QED) is 0.156. The Morgan fingerprint density at radius 2 is 0.783 bits per heavy atom. The Bertz CT molecular complexity index is 3950. The van der Waals surface area contributed by atoms with E-state index in [4.69, 9.17) is 24.4 Å². The van der Waals surface area contributed by atoms with Gasteiger partial charge in [-0.3, -0.25) is 0 Å². The fourth-order valence-electron chi connectivity index (χ4n) is 11.1. The molecule has 0 saturated heterocycles. The van der Waals surface area contributed by atoms with E-state index in [9.17, 15) is 0 Å². The maximum Gasteiger partial charge on any atom is 0.178 e. The van der Waals surface area contributed by atoms with Crippen LogP contribution in [0.25, 0.3) is 88.7 Å². The van der Waals surface area contributed by atoms with Crippen LogP contribution in [0, 0.1) is 0 Å². The third-order valence-electron chi connectivity index (χ3n) is 14.1. The van der Waals surface area contributed by atoms with Crippen molar-refractivity contribution in [1.82, 2.24) is 15.0 Å². The molecule has 5 nitrogen and oxygen atoms in total. The second kappa shape index (κ2) is 15.4. The lowest BCUT2D eigenvalue weighted by Crippen LogP contribution is -2.28. The lowest BCUT2D eigenvalue weighted by atomic mass is 9.68. The van der Waals surface area contributed by atoms with Gasteiger partial charge in [-0.1, -0.05) is 218 Å². The average Bonchev–Trinajstić information content (AvgIpc) is 3.74. The highest BCUT2D eigenvalue weighted by molar-refractivity contribution is 6.25. The molecule has 12 aromatic rings. The Morgan fingerprint density at radius 1 is 0.290 bits per heavy atom. The first-order chi connectivity index (χ1) is 34.2. The van der Waals surface area contributed by atoms with E-state index < -0.39 is 5.41 Å². The van der Waals surface area contributed by atoms with E-state index in [-0.39, 0.29) is 0 Å². The minimum atomic E-state index is -0.565. The van der Waals surface area contributed by atoms with Gasteiger partial charge in [0.05, 0.1) is 5.41 Å². The van der Waals surface area contributed by atoms with Crippen LogP contribution < -0.4 is 9.47 Å². The van der Waals surface area contributed by atoms with Crippen LogP contribution in [0.5, 0.6) is 23.0 Å². The summed E-state index contributed by atoms with van der Waals surface area (Å²) in [5.74, 6) is 4.37. The van der Waals surface area contributed by atoms with Gasteiger partial charge in [0, 0.05) is 27.8 Å². The molecule has 1 aliphatic carbocycles. The first-order valence-electron chi connectivity index (χ1n) is 23.3. The first kappa shape index (κ1) is 39.0. The summed E-state index contributed by atoms with van der Waals surface area (Å²) in [5, 5.41) is 7.20. The number of ether oxygens (including phenoxy) is 2. The average molecular weight is 882 g/mol. The summed E-state index contributed by atoms with van der Waals surface area (Å²) in [7, 11) is 0. The molecule has 2 aliphatic rings. The second-order valence-electron chi connectivity index (χ2n) is 17.7. The summed E-state index contributed by atoms with van der Waals surface area (Å²) in [6, 6.07) is 83.0. The highest BCUT2D eigenvalue weighted by Crippen LogP contribution is 2.63. The van der Waals surface area contributed by atoms with Gasteiger partial charge in [0.15, 0.2) is 40.5 Å². The molecule has 2 heterocycles. The zero-order valence-electron chi connectivity index (χ0n) is 37.2. The van der Waals surface area contributed by atoms with Crippen LogP contribution in [-0.2, 0) is 5.41 Å². The lowest BCUT2D eigenvalue weighted by molar-refractivity contribution is 0.361. The first-order valence-corrected chi connectivity index (χ1v) is 23.3. The Kier molecular flexibility index (Phi) is 8.73. The molecule has 0 N–H and O–H groups in total. The minimum absolute atomic E-state index is 0.556. The molecule has 0 amide bonds. The molecule has 0 unspecified atom stereocenters. The standard InChI is InChI=1S/C64H39N3O2/c1-4-19-40(20-5-1)61-65-62(41-35-36-49-46-27-11-10-25-44(46)45-26-12-13-28-47(45)53(49)39-41)67-63(66-61)51-30-15-14-29-48(51)50-32-18-34-56-59(50)68-57-38-37-55-58(60(57)69-56)52-31-16-17-33-54(52)64(55,42-21-6-2-7-22-42)43-23-8-3-9-24-43/h1-39H. The summed E-state index contributed by atoms with van der Waals surface area (Å²) in [6.45, 7) is 0. The van der Waals surface area contributed by atoms with Crippen molar-refractivity contribution in [1.29, 1.82) is 0 Å². The predicted octanol–water partition coefficient (Wildman–Crippen LogP) is 16.3. The van der Waals surface area contributed by atoms with Gasteiger partial charge < -0.3 is 9.47 Å². The molecule has 0 spiro atoms. The van der Waals surface area contributed by atoms with Gasteiger partial charge in [-0.2, -0.15) is 0 Å². The number of hydrogen-bond donors (Lipinski definition) is 0. The van der Waals surface area contributed by atoms with Crippen molar-refractivity contribution in [3.8, 4) is 79.4 Å². The van der Waals surface area contributed by atoms with Crippen LogP contribution in [0.2, 0.25) is 0 Å². The Hall–Kier alpha value is -9.19. The monoisotopic (exact) mass is 881 g/mol. The Labute approximate surface area is 398 Å². The van der Waals surface area contributed by atoms with E-state index in [1.165, 1.54) is 43.6 Å². The van der Waals surface area contributed by atoms with Crippen LogP contribution in [0.4, 0.5) is 0 Å². The fraction of sp³-hybridized carbons (Fsp3) is 0.0156. The van der Waals surface area contributed by atoms with Crippen molar-refractivity contribution in [2.24, 2.45) is 0 Å². The molecule has 14 rings (SSSR count). The molecule has 5 heteroatoms. The molecular formula is C64H39N3O2. The Balaban J connectivity index is 0.917. The number of para-hydroxylation sites is 1. The van der Waals surface area contributed by atoms with Crippen LogP contribution in [-0.4, -0.2) is 15.0 Å². The number of benzene rings is 11. The zero-order valence-corrected chi connectivity index (χ0v) is 37.2. The van der Waals surface area contributed by atoms with Gasteiger partial charge in [-0.15, -0.1) is 0 Å². The molecule has 0 saturated carbocycles. The van der Waals surface area contributed by atoms with Gasteiger partial charge >= 0.3 is 0 Å². The summed E-state index contributed by atoms with van der Waals surface area (Å²) >= 11 is 0. The molecule has 0 fully saturated rings. The zero-order chi connectivity index (χ0) is 45.5. The smallest absolute Gasteiger partial charge is 0.178 e. The SMILES string of the molecule is c1ccc(-c2nc(-c3ccc4c5ccccc5c5ccccc5c4c3)nc(-c3ccccc3-c3cccc4c3Oc3ccc5c(c3O4)-c3ccccc3C5(c3ccccc3)c3ccccc3)n2)cc1. The van der Waals surface area contributed by atoms with Gasteiger partial charge in [-0.25, -0.2) is 15.0 Å². The molecule has 1 aromatic heterocycles. The third-order valence-corrected chi connectivity index (χ3v) is 14.1. The Morgan fingerprint density at radius 3 is 1.46 bits per heavy atom. The largest absolute Gasteiger partial charge is 0.449 e. The maximum atomic E-state index is 7.13. The van der Waals surface area contributed by atoms with Gasteiger partial charge in [0.25, 0.3) is 0 Å². The van der Waals surface area contributed by atoms with Crippen LogP contribution >= 0.6 is 0 Å². The van der Waals surface area contributed by atoms with E-state index in [2.05, 4.69) is 182 Å². The topological polar surface area (TPSA) is 57.1 Å². The van der Waals surface area contributed by atoms with Crippen LogP contribution in [0.15, 0.2) is 237 Å². The molecule has 1 aliphatic heterocycles. The molecular weight excluding hydrogens is 843 g/mol. The highest BCUT2D eigenvalue weighted by atomic mass is 16.6. The van der Waals surface area contributed by atoms with Crippen LogP contribution in [0.3, 0.4) is 0 Å². The molecule has 69 heavy (non-hydrogen) atoms. The number of rotatable bonds is 6. The van der Waals surface area contributed by atoms with E-state index in [0.29, 0.717) is 40.5 Å². The fourth-order valence-corrected chi connectivity index (χ4v) is 11.1. The van der Waals surface area contributed by atoms with Crippen molar-refractivity contribution >= 4 is 32.3 Å². The van der Waals surface area contributed by atoms with E-state index in [0.717, 1.165) is 49.9 Å². The van der Waals surface area contributed by atoms with E-state index in [1.807, 2.05) is 54.6 Å². The molecule has 0 radical (unpaired) electrons. The molecule has 0 bridgehead atoms. The van der Waals surface area contributed by atoms with Crippen molar-refractivity contribution < 1.29 is 9.47 Å². The van der Waals surface area contributed by atoms with E-state index >= 15 is 0 Å². The predicted molar refractivity (Wildman–Crippen MR) is 278 cm³/mol. The van der Waals surface area contributed by atoms with Crippen molar-refractivity contribution in [3.63, 3.8) is 0 Å². The summed E-state index contributed by atoms with van der Waals surface area (Å²) in [6.07, 6.45) is 0. The van der Waals surface area contributed by atoms with Gasteiger partial charge in [-0.05, 0) is 83.9 Å². The number of fused-ring (bicyclic) bond motifs is 12. The van der Waals surface area contributed by atoms with E-state index in [1.54, 1.807) is 0 Å². The van der Waals surface area contributed by atoms with Crippen molar-refractivity contribution in [2.45, 2.75) is 5.41 Å². The minimum Gasteiger partial charge on any atom is -0.449 e. The molecule has 11 aromatic carbocycles. The summed E-state index contributed by atoms with van der Waals surface area (Å²) in [4.78, 5) is 15.7. The third kappa shape index (κ3) is 5.94. The maximum absolute atomic E-state index is 7.13. The number of nitrogens with zero attached hydrogens (tertiary/aromatic N) is 3. The molecule has 0 atom stereocenters.